The van der Waals surface area contributed by atoms with Gasteiger partial charge in [-0.3, -0.25) is 9.59 Å². The summed E-state index contributed by atoms with van der Waals surface area (Å²) in [5.41, 5.74) is -0.372. The van der Waals surface area contributed by atoms with Crippen molar-refractivity contribution in [1.29, 1.82) is 0 Å². The minimum absolute atomic E-state index is 0.0105. The molecule has 134 valence electrons. The maximum Gasteiger partial charge on any atom is 0.325 e. The van der Waals surface area contributed by atoms with Gasteiger partial charge in [0.15, 0.2) is 4.80 Å². The molecule has 1 amide bonds. The fraction of sp³-hybridized carbons (Fsp3) is 0.118. The second kappa shape index (κ2) is 7.12. The van der Waals surface area contributed by atoms with Crippen LogP contribution in [0.1, 0.15) is 10.4 Å². The molecule has 0 radical (unpaired) electrons. The fourth-order valence-corrected chi connectivity index (χ4v) is 3.38. The van der Waals surface area contributed by atoms with Crippen LogP contribution in [0.5, 0.6) is 0 Å². The molecule has 1 heterocycles. The van der Waals surface area contributed by atoms with Crippen molar-refractivity contribution in [3.63, 3.8) is 0 Å². The molecule has 0 aliphatic heterocycles. The Balaban J connectivity index is 2.19. The highest BCUT2D eigenvalue weighted by Gasteiger charge is 2.18. The maximum atomic E-state index is 13.8. The molecule has 3 rings (SSSR count). The summed E-state index contributed by atoms with van der Waals surface area (Å²) in [5, 5.41) is 0. The molecular formula is C17H11F3N2O3S. The number of fused-ring (bicyclic) bond motifs is 1. The first-order valence-corrected chi connectivity index (χ1v) is 8.11. The van der Waals surface area contributed by atoms with Crippen LogP contribution in [-0.4, -0.2) is 23.6 Å². The number of aromatic nitrogens is 1. The predicted molar refractivity (Wildman–Crippen MR) is 88.0 cm³/mol. The molecule has 3 aromatic rings. The van der Waals surface area contributed by atoms with Crippen molar-refractivity contribution in [1.82, 2.24) is 4.57 Å². The van der Waals surface area contributed by atoms with Crippen molar-refractivity contribution < 1.29 is 27.5 Å². The number of hydrogen-bond acceptors (Lipinski definition) is 4. The first-order valence-electron chi connectivity index (χ1n) is 7.29. The number of amides is 1. The lowest BCUT2D eigenvalue weighted by Gasteiger charge is -2.04. The Morgan fingerprint density at radius 1 is 1.15 bits per heavy atom. The summed E-state index contributed by atoms with van der Waals surface area (Å²) in [7, 11) is 1.19. The van der Waals surface area contributed by atoms with Crippen LogP contribution in [0.25, 0.3) is 10.2 Å². The number of ether oxygens (including phenoxy) is 1. The lowest BCUT2D eigenvalue weighted by Crippen LogP contribution is -2.22. The van der Waals surface area contributed by atoms with Gasteiger partial charge in [0.2, 0.25) is 0 Å². The Morgan fingerprint density at radius 3 is 2.50 bits per heavy atom. The normalized spacial score (nSPS) is 11.8. The van der Waals surface area contributed by atoms with Gasteiger partial charge in [-0.2, -0.15) is 4.99 Å². The van der Waals surface area contributed by atoms with E-state index >= 15 is 0 Å². The van der Waals surface area contributed by atoms with Crippen LogP contribution >= 0.6 is 11.3 Å². The first-order chi connectivity index (χ1) is 12.4. The van der Waals surface area contributed by atoms with Crippen LogP contribution in [0.4, 0.5) is 13.2 Å². The van der Waals surface area contributed by atoms with E-state index < -0.39 is 34.9 Å². The van der Waals surface area contributed by atoms with Gasteiger partial charge in [-0.15, -0.1) is 0 Å². The third kappa shape index (κ3) is 3.38. The summed E-state index contributed by atoms with van der Waals surface area (Å²) in [6, 6.07) is 6.81. The van der Waals surface area contributed by atoms with Crippen LogP contribution in [-0.2, 0) is 16.1 Å². The molecule has 2 aromatic carbocycles. The molecule has 5 nitrogen and oxygen atoms in total. The Labute approximate surface area is 149 Å². The number of carbonyl (C=O) groups excluding carboxylic acids is 2. The molecule has 1 aromatic heterocycles. The molecule has 0 saturated heterocycles. The van der Waals surface area contributed by atoms with Crippen LogP contribution < -0.4 is 4.80 Å². The Hall–Kier alpha value is -2.94. The molecule has 0 saturated carbocycles. The number of rotatable bonds is 3. The average Bonchev–Trinajstić information content (AvgIpc) is 2.90. The van der Waals surface area contributed by atoms with Crippen molar-refractivity contribution in [2.45, 2.75) is 6.54 Å². The van der Waals surface area contributed by atoms with Gasteiger partial charge >= 0.3 is 5.97 Å². The van der Waals surface area contributed by atoms with Crippen LogP contribution in [0.15, 0.2) is 41.4 Å². The van der Waals surface area contributed by atoms with Crippen molar-refractivity contribution in [3.8, 4) is 0 Å². The summed E-state index contributed by atoms with van der Waals surface area (Å²) >= 11 is 0.908. The zero-order valence-corrected chi connectivity index (χ0v) is 14.1. The quantitative estimate of drug-likeness (QED) is 0.657. The van der Waals surface area contributed by atoms with Gasteiger partial charge in [0.05, 0.1) is 17.3 Å². The zero-order chi connectivity index (χ0) is 18.8. The molecule has 0 spiro atoms. The van der Waals surface area contributed by atoms with Crippen LogP contribution in [0.3, 0.4) is 0 Å². The van der Waals surface area contributed by atoms with E-state index in [1.54, 1.807) is 0 Å². The van der Waals surface area contributed by atoms with Crippen molar-refractivity contribution >= 4 is 33.4 Å². The third-order valence-electron chi connectivity index (χ3n) is 3.53. The summed E-state index contributed by atoms with van der Waals surface area (Å²) in [4.78, 5) is 27.6. The molecule has 0 aliphatic rings. The number of esters is 1. The molecule has 0 unspecified atom stereocenters. The van der Waals surface area contributed by atoms with Crippen molar-refractivity contribution in [3.05, 3.63) is 64.2 Å². The second-order valence-corrected chi connectivity index (χ2v) is 6.18. The monoisotopic (exact) mass is 380 g/mol. The van der Waals surface area contributed by atoms with Crippen molar-refractivity contribution in [2.24, 2.45) is 4.99 Å². The molecule has 9 heteroatoms. The van der Waals surface area contributed by atoms with E-state index in [2.05, 4.69) is 9.73 Å². The zero-order valence-electron chi connectivity index (χ0n) is 13.3. The average molecular weight is 380 g/mol. The molecule has 0 aliphatic carbocycles. The molecule has 0 atom stereocenters. The smallest absolute Gasteiger partial charge is 0.325 e. The summed E-state index contributed by atoms with van der Waals surface area (Å²) in [6.07, 6.45) is 0. The number of benzene rings is 2. The molecular weight excluding hydrogens is 369 g/mol. The molecule has 0 N–H and O–H groups in total. The minimum Gasteiger partial charge on any atom is -0.468 e. The van der Waals surface area contributed by atoms with Gasteiger partial charge in [-0.05, 0) is 30.3 Å². The fourth-order valence-electron chi connectivity index (χ4n) is 2.32. The largest absolute Gasteiger partial charge is 0.468 e. The van der Waals surface area contributed by atoms with Crippen LogP contribution in [0.2, 0.25) is 0 Å². The molecule has 0 bridgehead atoms. The summed E-state index contributed by atoms with van der Waals surface area (Å²) < 4.78 is 47.3. The molecule has 0 fully saturated rings. The van der Waals surface area contributed by atoms with Gasteiger partial charge in [0.1, 0.15) is 29.6 Å². The summed E-state index contributed by atoms with van der Waals surface area (Å²) in [6.45, 7) is -0.298. The lowest BCUT2D eigenvalue weighted by molar-refractivity contribution is -0.141. The Kier molecular flexibility index (Phi) is 4.90. The highest BCUT2D eigenvalue weighted by atomic mass is 32.1. The van der Waals surface area contributed by atoms with E-state index in [1.807, 2.05) is 0 Å². The Morgan fingerprint density at radius 2 is 1.85 bits per heavy atom. The van der Waals surface area contributed by atoms with E-state index in [0.29, 0.717) is 10.2 Å². The number of halogens is 3. The number of thiazole rings is 1. The van der Waals surface area contributed by atoms with Crippen molar-refractivity contribution in [2.75, 3.05) is 7.11 Å². The molecule has 26 heavy (non-hydrogen) atoms. The highest BCUT2D eigenvalue weighted by molar-refractivity contribution is 7.16. The third-order valence-corrected chi connectivity index (χ3v) is 4.57. The standard InChI is InChI=1S/C17H11F3N2O3S/c1-25-14(23)8-22-12-6-5-9(18)7-13(12)26-17(22)21-16(24)15-10(19)3-2-4-11(15)20/h2-7H,8H2,1H3. The van der Waals surface area contributed by atoms with E-state index in [4.69, 9.17) is 0 Å². The van der Waals surface area contributed by atoms with Gasteiger partial charge in [-0.1, -0.05) is 17.4 Å². The number of nitrogens with zero attached hydrogens (tertiary/aromatic N) is 2. The lowest BCUT2D eigenvalue weighted by atomic mass is 10.2. The van der Waals surface area contributed by atoms with Gasteiger partial charge in [-0.25, -0.2) is 13.2 Å². The van der Waals surface area contributed by atoms with E-state index in [9.17, 15) is 22.8 Å². The number of methoxy groups -OCH3 is 1. The first kappa shape index (κ1) is 17.9. The van der Waals surface area contributed by atoms with Gasteiger partial charge in [0, 0.05) is 0 Å². The topological polar surface area (TPSA) is 60.7 Å². The van der Waals surface area contributed by atoms with Gasteiger partial charge in [0.25, 0.3) is 5.91 Å². The second-order valence-electron chi connectivity index (χ2n) is 5.17. The minimum atomic E-state index is -1.15. The predicted octanol–water partition coefficient (Wildman–Crippen LogP) is 3.03. The highest BCUT2D eigenvalue weighted by Crippen LogP contribution is 2.19. The van der Waals surface area contributed by atoms with Crippen LogP contribution in [0, 0.1) is 17.5 Å². The van der Waals surface area contributed by atoms with Gasteiger partial charge < -0.3 is 9.30 Å². The van der Waals surface area contributed by atoms with E-state index in [-0.39, 0.29) is 11.3 Å². The SMILES string of the molecule is COC(=O)Cn1c(=NC(=O)c2c(F)cccc2F)sc2cc(F)ccc21. The van der Waals surface area contributed by atoms with E-state index in [0.717, 1.165) is 29.5 Å². The van der Waals surface area contributed by atoms with E-state index in [1.165, 1.54) is 29.9 Å². The Bertz CT molecular complexity index is 1070. The number of carbonyl (C=O) groups is 2. The summed E-state index contributed by atoms with van der Waals surface area (Å²) in [5.74, 6) is -4.39. The number of hydrogen-bond donors (Lipinski definition) is 0. The maximum absolute atomic E-state index is 13.8.